The molecular formula is C15H20N4O. The second-order valence-corrected chi connectivity index (χ2v) is 5.64. The van der Waals surface area contributed by atoms with Crippen molar-refractivity contribution in [1.82, 2.24) is 9.97 Å². The predicted molar refractivity (Wildman–Crippen MR) is 79.8 cm³/mol. The second-order valence-electron chi connectivity index (χ2n) is 5.64. The van der Waals surface area contributed by atoms with Gasteiger partial charge in [0.1, 0.15) is 11.6 Å². The summed E-state index contributed by atoms with van der Waals surface area (Å²) in [6.07, 6.45) is 0. The molecule has 1 aromatic heterocycles. The summed E-state index contributed by atoms with van der Waals surface area (Å²) in [5.41, 5.74) is 3.20. The lowest BCUT2D eigenvalue weighted by atomic mass is 9.95. The highest BCUT2D eigenvalue weighted by atomic mass is 16.5. The Morgan fingerprint density at radius 3 is 2.30 bits per heavy atom. The van der Waals surface area contributed by atoms with Gasteiger partial charge in [0.05, 0.1) is 5.56 Å². The van der Waals surface area contributed by atoms with Crippen LogP contribution in [0.15, 0.2) is 30.3 Å². The Labute approximate surface area is 119 Å². The zero-order valence-electron chi connectivity index (χ0n) is 12.3. The van der Waals surface area contributed by atoms with Crippen LogP contribution >= 0.6 is 0 Å². The maximum atomic E-state index is 5.84. The highest BCUT2D eigenvalue weighted by Gasteiger charge is 2.21. The molecule has 0 amide bonds. The van der Waals surface area contributed by atoms with Gasteiger partial charge < -0.3 is 10.2 Å². The van der Waals surface area contributed by atoms with Crippen molar-refractivity contribution in [3.63, 3.8) is 0 Å². The molecule has 0 atom stereocenters. The van der Waals surface area contributed by atoms with Crippen LogP contribution in [0.25, 0.3) is 0 Å². The van der Waals surface area contributed by atoms with Crippen molar-refractivity contribution in [3.05, 3.63) is 41.7 Å². The van der Waals surface area contributed by atoms with Crippen LogP contribution in [0.5, 0.6) is 11.6 Å². The average Bonchev–Trinajstić information content (AvgIpc) is 2.41. The first-order chi connectivity index (χ1) is 9.41. The minimum absolute atomic E-state index is 0.186. The molecule has 0 saturated heterocycles. The fraction of sp³-hybridized carbons (Fsp3) is 0.333. The Morgan fingerprint density at radius 2 is 1.75 bits per heavy atom. The summed E-state index contributed by atoms with van der Waals surface area (Å²) < 4.78 is 5.84. The molecule has 0 saturated carbocycles. The Bertz CT molecular complexity index is 591. The lowest BCUT2D eigenvalue weighted by Gasteiger charge is -2.20. The normalized spacial score (nSPS) is 11.2. The Kier molecular flexibility index (Phi) is 3.90. The monoisotopic (exact) mass is 272 g/mol. The van der Waals surface area contributed by atoms with E-state index in [2.05, 4.69) is 15.4 Å². The first-order valence-electron chi connectivity index (χ1n) is 6.50. The zero-order valence-corrected chi connectivity index (χ0v) is 12.3. The van der Waals surface area contributed by atoms with E-state index in [1.54, 1.807) is 0 Å². The van der Waals surface area contributed by atoms with Gasteiger partial charge in [-0.25, -0.2) is 10.8 Å². The fourth-order valence-corrected chi connectivity index (χ4v) is 1.67. The number of nitrogens with two attached hydrogens (primary N) is 1. The van der Waals surface area contributed by atoms with E-state index in [-0.39, 0.29) is 5.41 Å². The largest absolute Gasteiger partial charge is 0.439 e. The van der Waals surface area contributed by atoms with Crippen LogP contribution in [0.3, 0.4) is 0 Å². The summed E-state index contributed by atoms with van der Waals surface area (Å²) in [6, 6.07) is 9.53. The molecule has 0 aliphatic heterocycles. The lowest BCUT2D eigenvalue weighted by Crippen LogP contribution is -2.20. The highest BCUT2D eigenvalue weighted by Crippen LogP contribution is 2.30. The van der Waals surface area contributed by atoms with E-state index in [0.717, 1.165) is 11.3 Å². The number of nitrogens with one attached hydrogen (secondary N) is 1. The summed E-state index contributed by atoms with van der Waals surface area (Å²) in [6.45, 7) is 8.01. The molecular weight excluding hydrogens is 252 g/mol. The molecule has 0 aliphatic rings. The molecule has 1 aromatic carbocycles. The molecule has 0 fully saturated rings. The summed E-state index contributed by atoms with van der Waals surface area (Å²) in [7, 11) is 0. The van der Waals surface area contributed by atoms with Crippen molar-refractivity contribution >= 4 is 5.82 Å². The minimum Gasteiger partial charge on any atom is -0.439 e. The van der Waals surface area contributed by atoms with Crippen LogP contribution in [0.2, 0.25) is 0 Å². The number of hydrogen-bond donors (Lipinski definition) is 2. The number of nitrogen functional groups attached to an aromatic ring is 1. The van der Waals surface area contributed by atoms with Crippen LogP contribution in [-0.4, -0.2) is 9.97 Å². The summed E-state index contributed by atoms with van der Waals surface area (Å²) in [5, 5.41) is 0. The van der Waals surface area contributed by atoms with Gasteiger partial charge in [-0.15, -0.1) is 0 Å². The van der Waals surface area contributed by atoms with Gasteiger partial charge in [0.2, 0.25) is 5.88 Å². The third-order valence-electron chi connectivity index (χ3n) is 2.87. The third kappa shape index (κ3) is 3.05. The molecule has 0 spiro atoms. The van der Waals surface area contributed by atoms with E-state index in [0.29, 0.717) is 17.5 Å². The molecule has 3 N–H and O–H groups in total. The van der Waals surface area contributed by atoms with Crippen LogP contribution in [-0.2, 0) is 5.41 Å². The average molecular weight is 272 g/mol. The first-order valence-corrected chi connectivity index (χ1v) is 6.50. The molecule has 0 aliphatic carbocycles. The molecule has 0 unspecified atom stereocenters. The molecule has 2 rings (SSSR count). The second kappa shape index (κ2) is 5.46. The van der Waals surface area contributed by atoms with E-state index in [9.17, 15) is 0 Å². The maximum Gasteiger partial charge on any atom is 0.227 e. The number of aromatic nitrogens is 2. The number of ether oxygens (including phenoxy) is 1. The number of hydrogen-bond acceptors (Lipinski definition) is 5. The maximum absolute atomic E-state index is 5.84. The minimum atomic E-state index is -0.186. The van der Waals surface area contributed by atoms with E-state index in [1.165, 1.54) is 0 Å². The standard InChI is InChI=1S/C15H20N4O/c1-10-12(19-16)17-14(15(2,3)4)18-13(10)20-11-8-6-5-7-9-11/h5-9H,16H2,1-4H3,(H,17,18,19). The van der Waals surface area contributed by atoms with Gasteiger partial charge in [-0.2, -0.15) is 4.98 Å². The number of nitrogens with zero attached hydrogens (tertiary/aromatic N) is 2. The van der Waals surface area contributed by atoms with Crippen LogP contribution < -0.4 is 16.0 Å². The number of rotatable bonds is 3. The third-order valence-corrected chi connectivity index (χ3v) is 2.87. The van der Waals surface area contributed by atoms with Crippen molar-refractivity contribution in [2.45, 2.75) is 33.1 Å². The Hall–Kier alpha value is -2.14. The van der Waals surface area contributed by atoms with E-state index < -0.39 is 0 Å². The van der Waals surface area contributed by atoms with Crippen LogP contribution in [0, 0.1) is 6.92 Å². The van der Waals surface area contributed by atoms with Crippen molar-refractivity contribution in [1.29, 1.82) is 0 Å². The summed E-state index contributed by atoms with van der Waals surface area (Å²) in [4.78, 5) is 8.96. The molecule has 106 valence electrons. The summed E-state index contributed by atoms with van der Waals surface area (Å²) in [5.74, 6) is 8.04. The van der Waals surface area contributed by atoms with Crippen LogP contribution in [0.1, 0.15) is 32.2 Å². The molecule has 0 radical (unpaired) electrons. The van der Waals surface area contributed by atoms with Gasteiger partial charge in [-0.3, -0.25) is 0 Å². The van der Waals surface area contributed by atoms with Crippen molar-refractivity contribution in [2.24, 2.45) is 5.84 Å². The Morgan fingerprint density at radius 1 is 1.10 bits per heavy atom. The fourth-order valence-electron chi connectivity index (χ4n) is 1.67. The van der Waals surface area contributed by atoms with Crippen molar-refractivity contribution in [3.8, 4) is 11.6 Å². The number of anilines is 1. The molecule has 1 heterocycles. The van der Waals surface area contributed by atoms with Gasteiger partial charge in [0, 0.05) is 5.41 Å². The van der Waals surface area contributed by atoms with Gasteiger partial charge >= 0.3 is 0 Å². The molecule has 20 heavy (non-hydrogen) atoms. The highest BCUT2D eigenvalue weighted by molar-refractivity contribution is 5.49. The molecule has 5 nitrogen and oxygen atoms in total. The first kappa shape index (κ1) is 14.3. The van der Waals surface area contributed by atoms with Gasteiger partial charge in [0.15, 0.2) is 5.82 Å². The lowest BCUT2D eigenvalue weighted by molar-refractivity contribution is 0.442. The van der Waals surface area contributed by atoms with E-state index >= 15 is 0 Å². The number of hydrazine groups is 1. The summed E-state index contributed by atoms with van der Waals surface area (Å²) >= 11 is 0. The van der Waals surface area contributed by atoms with E-state index in [1.807, 2.05) is 58.0 Å². The quantitative estimate of drug-likeness (QED) is 0.663. The topological polar surface area (TPSA) is 73.1 Å². The Balaban J connectivity index is 2.46. The van der Waals surface area contributed by atoms with Gasteiger partial charge in [-0.05, 0) is 19.1 Å². The van der Waals surface area contributed by atoms with Gasteiger partial charge in [-0.1, -0.05) is 39.0 Å². The van der Waals surface area contributed by atoms with Gasteiger partial charge in [0.25, 0.3) is 0 Å². The smallest absolute Gasteiger partial charge is 0.227 e. The van der Waals surface area contributed by atoms with Crippen molar-refractivity contribution < 1.29 is 4.74 Å². The number of para-hydroxylation sites is 1. The SMILES string of the molecule is Cc1c(NN)nc(C(C)(C)C)nc1Oc1ccccc1. The molecule has 0 bridgehead atoms. The van der Waals surface area contributed by atoms with Crippen molar-refractivity contribution in [2.75, 3.05) is 5.43 Å². The molecule has 5 heteroatoms. The number of benzene rings is 1. The van der Waals surface area contributed by atoms with Crippen LogP contribution in [0.4, 0.5) is 5.82 Å². The predicted octanol–water partition coefficient (Wildman–Crippen LogP) is 3.16. The zero-order chi connectivity index (χ0) is 14.8. The molecule has 2 aromatic rings. The van der Waals surface area contributed by atoms with E-state index in [4.69, 9.17) is 10.6 Å².